The predicted molar refractivity (Wildman–Crippen MR) is 57.1 cm³/mol. The Morgan fingerprint density at radius 1 is 1.53 bits per heavy atom. The number of nitrogens with zero attached hydrogens (tertiary/aromatic N) is 2. The van der Waals surface area contributed by atoms with E-state index in [9.17, 15) is 4.79 Å². The van der Waals surface area contributed by atoms with Gasteiger partial charge in [-0.2, -0.15) is 5.10 Å². The highest BCUT2D eigenvalue weighted by Crippen LogP contribution is 2.25. The molecule has 2 aromatic rings. The van der Waals surface area contributed by atoms with Crippen molar-refractivity contribution in [2.75, 3.05) is 5.32 Å². The summed E-state index contributed by atoms with van der Waals surface area (Å²) in [5.74, 6) is 0. The van der Waals surface area contributed by atoms with Crippen LogP contribution in [-0.2, 0) is 7.05 Å². The summed E-state index contributed by atoms with van der Waals surface area (Å²) in [6, 6.07) is 3.72. The van der Waals surface area contributed by atoms with E-state index in [2.05, 4.69) is 10.4 Å². The van der Waals surface area contributed by atoms with Crippen LogP contribution in [0.2, 0.25) is 0 Å². The molecule has 1 aromatic carbocycles. The van der Waals surface area contributed by atoms with E-state index < -0.39 is 6.09 Å². The first-order valence-corrected chi connectivity index (χ1v) is 4.51. The van der Waals surface area contributed by atoms with Crippen LogP contribution >= 0.6 is 0 Å². The number of anilines is 1. The number of aromatic nitrogens is 2. The quantitative estimate of drug-likeness (QED) is 0.747. The molecule has 2 N–H and O–H groups in total. The molecule has 78 valence electrons. The molecule has 15 heavy (non-hydrogen) atoms. The maximum Gasteiger partial charge on any atom is 0.409 e. The number of rotatable bonds is 1. The van der Waals surface area contributed by atoms with E-state index >= 15 is 0 Å². The Bertz CT molecular complexity index is 531. The summed E-state index contributed by atoms with van der Waals surface area (Å²) in [5, 5.41) is 16.1. The molecule has 0 aliphatic carbocycles. The zero-order valence-electron chi connectivity index (χ0n) is 8.48. The van der Waals surface area contributed by atoms with Crippen LogP contribution in [0.3, 0.4) is 0 Å². The number of hydrogen-bond acceptors (Lipinski definition) is 2. The molecule has 1 amide bonds. The fourth-order valence-electron chi connectivity index (χ4n) is 1.59. The molecule has 0 spiro atoms. The van der Waals surface area contributed by atoms with Gasteiger partial charge in [-0.05, 0) is 18.6 Å². The van der Waals surface area contributed by atoms with Crippen molar-refractivity contribution >= 4 is 22.7 Å². The van der Waals surface area contributed by atoms with Crippen LogP contribution in [0.15, 0.2) is 18.3 Å². The van der Waals surface area contributed by atoms with E-state index in [-0.39, 0.29) is 0 Å². The number of fused-ring (bicyclic) bond motifs is 1. The van der Waals surface area contributed by atoms with Crippen molar-refractivity contribution in [1.82, 2.24) is 9.78 Å². The summed E-state index contributed by atoms with van der Waals surface area (Å²) in [6.45, 7) is 1.86. The Morgan fingerprint density at radius 3 is 2.93 bits per heavy atom. The SMILES string of the molecule is Cc1ccc2nn(C)cc2c1NC(=O)O. The van der Waals surface area contributed by atoms with Crippen molar-refractivity contribution in [1.29, 1.82) is 0 Å². The minimum absolute atomic E-state index is 0.605. The van der Waals surface area contributed by atoms with Gasteiger partial charge in [0.15, 0.2) is 0 Å². The summed E-state index contributed by atoms with van der Waals surface area (Å²) in [5.41, 5.74) is 2.28. The second-order valence-corrected chi connectivity index (χ2v) is 3.42. The van der Waals surface area contributed by atoms with Gasteiger partial charge in [0.1, 0.15) is 0 Å². The molecular weight excluding hydrogens is 194 g/mol. The zero-order valence-corrected chi connectivity index (χ0v) is 8.48. The van der Waals surface area contributed by atoms with Crippen molar-refractivity contribution in [2.24, 2.45) is 7.05 Å². The van der Waals surface area contributed by atoms with Crippen LogP contribution in [0.4, 0.5) is 10.5 Å². The van der Waals surface area contributed by atoms with E-state index in [1.54, 1.807) is 17.9 Å². The lowest BCUT2D eigenvalue weighted by Gasteiger charge is -2.05. The fourth-order valence-corrected chi connectivity index (χ4v) is 1.59. The summed E-state index contributed by atoms with van der Waals surface area (Å²) in [6.07, 6.45) is 0.739. The molecule has 5 nitrogen and oxygen atoms in total. The topological polar surface area (TPSA) is 67.2 Å². The number of hydrogen-bond donors (Lipinski definition) is 2. The van der Waals surface area contributed by atoms with Gasteiger partial charge in [-0.15, -0.1) is 0 Å². The van der Waals surface area contributed by atoms with E-state index in [1.165, 1.54) is 0 Å². The number of carboxylic acid groups (broad SMARTS) is 1. The first-order chi connectivity index (χ1) is 7.08. The Hall–Kier alpha value is -2.04. The number of benzene rings is 1. The highest BCUT2D eigenvalue weighted by molar-refractivity contribution is 5.99. The maximum atomic E-state index is 10.6. The molecule has 0 saturated carbocycles. The lowest BCUT2D eigenvalue weighted by atomic mass is 10.1. The molecule has 0 aliphatic heterocycles. The molecule has 0 unspecified atom stereocenters. The molecule has 1 heterocycles. The number of amides is 1. The zero-order chi connectivity index (χ0) is 11.0. The molecule has 0 fully saturated rings. The van der Waals surface area contributed by atoms with Gasteiger partial charge in [-0.3, -0.25) is 10.00 Å². The minimum Gasteiger partial charge on any atom is -0.465 e. The number of nitrogens with one attached hydrogen (secondary N) is 1. The third-order valence-corrected chi connectivity index (χ3v) is 2.24. The van der Waals surface area contributed by atoms with Crippen LogP contribution in [0.25, 0.3) is 10.9 Å². The van der Waals surface area contributed by atoms with Crippen LogP contribution in [0.1, 0.15) is 5.56 Å². The minimum atomic E-state index is -1.06. The monoisotopic (exact) mass is 205 g/mol. The van der Waals surface area contributed by atoms with Gasteiger partial charge in [-0.1, -0.05) is 6.07 Å². The van der Waals surface area contributed by atoms with Crippen molar-refractivity contribution in [3.05, 3.63) is 23.9 Å². The Kier molecular flexibility index (Phi) is 2.07. The molecule has 0 radical (unpaired) electrons. The lowest BCUT2D eigenvalue weighted by Crippen LogP contribution is -2.08. The molecule has 0 bridgehead atoms. The van der Waals surface area contributed by atoms with E-state index in [4.69, 9.17) is 5.11 Å². The molecule has 2 rings (SSSR count). The largest absolute Gasteiger partial charge is 0.465 e. The second kappa shape index (κ2) is 3.27. The van der Waals surface area contributed by atoms with Gasteiger partial charge in [0.05, 0.1) is 11.2 Å². The van der Waals surface area contributed by atoms with Gasteiger partial charge in [0, 0.05) is 18.6 Å². The van der Waals surface area contributed by atoms with Crippen LogP contribution in [0, 0.1) is 6.92 Å². The average Bonchev–Trinajstić information content (AvgIpc) is 2.51. The number of aryl methyl sites for hydroxylation is 2. The summed E-state index contributed by atoms with van der Waals surface area (Å²) >= 11 is 0. The van der Waals surface area contributed by atoms with Gasteiger partial charge in [0.25, 0.3) is 0 Å². The van der Waals surface area contributed by atoms with Gasteiger partial charge >= 0.3 is 6.09 Å². The van der Waals surface area contributed by atoms with Crippen molar-refractivity contribution in [3.8, 4) is 0 Å². The maximum absolute atomic E-state index is 10.6. The van der Waals surface area contributed by atoms with Crippen molar-refractivity contribution < 1.29 is 9.90 Å². The van der Waals surface area contributed by atoms with E-state index in [1.807, 2.05) is 19.1 Å². The molecule has 0 saturated heterocycles. The first-order valence-electron chi connectivity index (χ1n) is 4.51. The average molecular weight is 205 g/mol. The third kappa shape index (κ3) is 1.63. The highest BCUT2D eigenvalue weighted by atomic mass is 16.4. The number of carbonyl (C=O) groups is 1. The smallest absolute Gasteiger partial charge is 0.409 e. The molecule has 5 heteroatoms. The van der Waals surface area contributed by atoms with Crippen molar-refractivity contribution in [2.45, 2.75) is 6.92 Å². The van der Waals surface area contributed by atoms with E-state index in [0.717, 1.165) is 16.5 Å². The van der Waals surface area contributed by atoms with Crippen molar-refractivity contribution in [3.63, 3.8) is 0 Å². The lowest BCUT2D eigenvalue weighted by molar-refractivity contribution is 0.210. The normalized spacial score (nSPS) is 10.5. The van der Waals surface area contributed by atoms with Gasteiger partial charge in [-0.25, -0.2) is 4.79 Å². The van der Waals surface area contributed by atoms with Crippen LogP contribution < -0.4 is 5.32 Å². The Balaban J connectivity index is 2.67. The predicted octanol–water partition coefficient (Wildman–Crippen LogP) is 1.97. The molecule has 0 atom stereocenters. The standard InChI is InChI=1S/C10H11N3O2/c1-6-3-4-8-7(5-13(2)12-8)9(6)11-10(14)15/h3-5,11H,1-2H3,(H,14,15). The van der Waals surface area contributed by atoms with Gasteiger partial charge in [0.2, 0.25) is 0 Å². The summed E-state index contributed by atoms with van der Waals surface area (Å²) in [7, 11) is 1.81. The van der Waals surface area contributed by atoms with Crippen LogP contribution in [0.5, 0.6) is 0 Å². The summed E-state index contributed by atoms with van der Waals surface area (Å²) < 4.78 is 1.66. The fraction of sp³-hybridized carbons (Fsp3) is 0.200. The second-order valence-electron chi connectivity index (χ2n) is 3.42. The third-order valence-electron chi connectivity index (χ3n) is 2.24. The highest BCUT2D eigenvalue weighted by Gasteiger charge is 2.09. The van der Waals surface area contributed by atoms with E-state index in [0.29, 0.717) is 5.69 Å². The Labute approximate surface area is 86.3 Å². The first kappa shape index (κ1) is 9.51. The molecule has 0 aliphatic rings. The van der Waals surface area contributed by atoms with Gasteiger partial charge < -0.3 is 5.11 Å². The Morgan fingerprint density at radius 2 is 2.27 bits per heavy atom. The molecular formula is C10H11N3O2. The summed E-state index contributed by atoms with van der Waals surface area (Å²) in [4.78, 5) is 10.6. The van der Waals surface area contributed by atoms with Crippen LogP contribution in [-0.4, -0.2) is 21.0 Å². The molecule has 1 aromatic heterocycles.